The highest BCUT2D eigenvalue weighted by Gasteiger charge is 2.11. The Hall–Kier alpha value is -1.06. The predicted molar refractivity (Wildman–Crippen MR) is 77.1 cm³/mol. The highest BCUT2D eigenvalue weighted by atomic mass is 16.5. The molecule has 0 amide bonds. The molecule has 0 radical (unpaired) electrons. The van der Waals surface area contributed by atoms with Crippen LogP contribution in [-0.4, -0.2) is 19.2 Å². The van der Waals surface area contributed by atoms with Crippen LogP contribution in [0.4, 0.5) is 0 Å². The lowest BCUT2D eigenvalue weighted by Gasteiger charge is -2.20. The second-order valence-electron chi connectivity index (χ2n) is 5.82. The first kappa shape index (κ1) is 15.0. The molecule has 0 aromatic heterocycles. The summed E-state index contributed by atoms with van der Waals surface area (Å²) in [6.45, 7) is 9.99. The summed E-state index contributed by atoms with van der Waals surface area (Å²) < 4.78 is 5.39. The van der Waals surface area contributed by atoms with E-state index in [1.165, 1.54) is 11.1 Å². The second kappa shape index (κ2) is 6.21. The Bertz CT molecular complexity index is 381. The number of benzene rings is 1. The van der Waals surface area contributed by atoms with Crippen molar-refractivity contribution in [2.75, 3.05) is 13.7 Å². The molecule has 1 aromatic carbocycles. The lowest BCUT2D eigenvalue weighted by molar-refractivity contribution is 0.404. The molecule has 0 aliphatic heterocycles. The average Bonchev–Trinajstić information content (AvgIpc) is 2.27. The predicted octanol–water partition coefficient (Wildman–Crippen LogP) is 2.65. The van der Waals surface area contributed by atoms with Gasteiger partial charge in [0.25, 0.3) is 0 Å². The van der Waals surface area contributed by atoms with Crippen LogP contribution in [0, 0.1) is 0 Å². The zero-order valence-electron chi connectivity index (χ0n) is 12.2. The standard InChI is InChI=1S/C15H26N2O/c1-11(2)12-6-7-14(18-5)13(8-12)9-17-10-15(3,4)16/h6-8,11,17H,9-10,16H2,1-5H3. The fourth-order valence-electron chi connectivity index (χ4n) is 1.82. The van der Waals surface area contributed by atoms with E-state index in [0.717, 1.165) is 18.8 Å². The minimum Gasteiger partial charge on any atom is -0.496 e. The van der Waals surface area contributed by atoms with Gasteiger partial charge in [-0.25, -0.2) is 0 Å². The molecule has 0 unspecified atom stereocenters. The van der Waals surface area contributed by atoms with E-state index in [2.05, 4.69) is 31.3 Å². The van der Waals surface area contributed by atoms with Gasteiger partial charge in [0.1, 0.15) is 5.75 Å². The van der Waals surface area contributed by atoms with Crippen molar-refractivity contribution < 1.29 is 4.74 Å². The SMILES string of the molecule is COc1ccc(C(C)C)cc1CNCC(C)(C)N. The molecule has 1 aromatic rings. The van der Waals surface area contributed by atoms with E-state index in [1.54, 1.807) is 7.11 Å². The first-order chi connectivity index (χ1) is 8.33. The molecule has 0 bridgehead atoms. The van der Waals surface area contributed by atoms with Crippen LogP contribution >= 0.6 is 0 Å². The van der Waals surface area contributed by atoms with Crippen molar-refractivity contribution in [1.82, 2.24) is 5.32 Å². The minimum absolute atomic E-state index is 0.192. The van der Waals surface area contributed by atoms with Gasteiger partial charge in [-0.05, 0) is 31.4 Å². The Morgan fingerprint density at radius 3 is 2.50 bits per heavy atom. The van der Waals surface area contributed by atoms with E-state index in [4.69, 9.17) is 10.5 Å². The number of methoxy groups -OCH3 is 1. The maximum Gasteiger partial charge on any atom is 0.123 e. The zero-order valence-corrected chi connectivity index (χ0v) is 12.2. The van der Waals surface area contributed by atoms with E-state index < -0.39 is 0 Å². The molecule has 0 aliphatic carbocycles. The van der Waals surface area contributed by atoms with Crippen LogP contribution < -0.4 is 15.8 Å². The molecule has 18 heavy (non-hydrogen) atoms. The van der Waals surface area contributed by atoms with Crippen LogP contribution in [0.2, 0.25) is 0 Å². The first-order valence-electron chi connectivity index (χ1n) is 6.50. The van der Waals surface area contributed by atoms with Crippen LogP contribution in [0.3, 0.4) is 0 Å². The molecule has 0 aliphatic rings. The lowest BCUT2D eigenvalue weighted by atomic mass is 10.00. The fraction of sp³-hybridized carbons (Fsp3) is 0.600. The van der Waals surface area contributed by atoms with Gasteiger partial charge in [0.05, 0.1) is 7.11 Å². The van der Waals surface area contributed by atoms with Crippen LogP contribution in [0.1, 0.15) is 44.7 Å². The normalized spacial score (nSPS) is 11.9. The third-order valence-electron chi connectivity index (χ3n) is 2.87. The molecule has 0 atom stereocenters. The lowest BCUT2D eigenvalue weighted by Crippen LogP contribution is -2.42. The van der Waals surface area contributed by atoms with Crippen molar-refractivity contribution in [3.63, 3.8) is 0 Å². The van der Waals surface area contributed by atoms with Gasteiger partial charge in [0.15, 0.2) is 0 Å². The Morgan fingerprint density at radius 2 is 2.00 bits per heavy atom. The van der Waals surface area contributed by atoms with Crippen LogP contribution in [0.5, 0.6) is 5.75 Å². The van der Waals surface area contributed by atoms with Gasteiger partial charge in [-0.3, -0.25) is 0 Å². The summed E-state index contributed by atoms with van der Waals surface area (Å²) in [6, 6.07) is 6.37. The molecule has 0 saturated heterocycles. The fourth-order valence-corrected chi connectivity index (χ4v) is 1.82. The third kappa shape index (κ3) is 4.67. The van der Waals surface area contributed by atoms with E-state index in [-0.39, 0.29) is 5.54 Å². The Morgan fingerprint density at radius 1 is 1.33 bits per heavy atom. The van der Waals surface area contributed by atoms with Gasteiger partial charge in [-0.1, -0.05) is 26.0 Å². The van der Waals surface area contributed by atoms with Crippen molar-refractivity contribution in [2.45, 2.75) is 45.7 Å². The van der Waals surface area contributed by atoms with E-state index in [0.29, 0.717) is 5.92 Å². The molecule has 102 valence electrons. The molecule has 0 saturated carbocycles. The van der Waals surface area contributed by atoms with Gasteiger partial charge < -0.3 is 15.8 Å². The number of hydrogen-bond donors (Lipinski definition) is 2. The Labute approximate surface area is 111 Å². The van der Waals surface area contributed by atoms with Crippen LogP contribution in [-0.2, 0) is 6.54 Å². The number of nitrogens with two attached hydrogens (primary N) is 1. The minimum atomic E-state index is -0.192. The van der Waals surface area contributed by atoms with Crippen molar-refractivity contribution in [1.29, 1.82) is 0 Å². The van der Waals surface area contributed by atoms with E-state index in [1.807, 2.05) is 19.9 Å². The highest BCUT2D eigenvalue weighted by molar-refractivity contribution is 5.38. The maximum atomic E-state index is 5.95. The Balaban J connectivity index is 2.75. The number of ether oxygens (including phenoxy) is 1. The van der Waals surface area contributed by atoms with Gasteiger partial charge in [0.2, 0.25) is 0 Å². The number of nitrogens with one attached hydrogen (secondary N) is 1. The van der Waals surface area contributed by atoms with Crippen molar-refractivity contribution >= 4 is 0 Å². The number of rotatable bonds is 6. The van der Waals surface area contributed by atoms with Gasteiger partial charge in [-0.15, -0.1) is 0 Å². The third-order valence-corrected chi connectivity index (χ3v) is 2.87. The summed E-state index contributed by atoms with van der Waals surface area (Å²) >= 11 is 0. The van der Waals surface area contributed by atoms with Crippen LogP contribution in [0.15, 0.2) is 18.2 Å². The molecule has 3 N–H and O–H groups in total. The van der Waals surface area contributed by atoms with Crippen molar-refractivity contribution in [3.05, 3.63) is 29.3 Å². The molecule has 0 spiro atoms. The maximum absolute atomic E-state index is 5.95. The molecular formula is C15H26N2O. The van der Waals surface area contributed by atoms with Gasteiger partial charge in [0, 0.05) is 24.2 Å². The average molecular weight is 250 g/mol. The summed E-state index contributed by atoms with van der Waals surface area (Å²) in [5.74, 6) is 1.46. The Kier molecular flexibility index (Phi) is 5.17. The highest BCUT2D eigenvalue weighted by Crippen LogP contribution is 2.24. The topological polar surface area (TPSA) is 47.3 Å². The largest absolute Gasteiger partial charge is 0.496 e. The molecule has 0 fully saturated rings. The summed E-state index contributed by atoms with van der Waals surface area (Å²) in [6.07, 6.45) is 0. The smallest absolute Gasteiger partial charge is 0.123 e. The summed E-state index contributed by atoms with van der Waals surface area (Å²) in [4.78, 5) is 0. The first-order valence-corrected chi connectivity index (χ1v) is 6.50. The van der Waals surface area contributed by atoms with Gasteiger partial charge in [-0.2, -0.15) is 0 Å². The van der Waals surface area contributed by atoms with E-state index in [9.17, 15) is 0 Å². The summed E-state index contributed by atoms with van der Waals surface area (Å²) in [5.41, 5.74) is 8.28. The van der Waals surface area contributed by atoms with Crippen molar-refractivity contribution in [2.24, 2.45) is 5.73 Å². The van der Waals surface area contributed by atoms with E-state index >= 15 is 0 Å². The molecule has 1 rings (SSSR count). The molecule has 3 nitrogen and oxygen atoms in total. The van der Waals surface area contributed by atoms with Gasteiger partial charge >= 0.3 is 0 Å². The summed E-state index contributed by atoms with van der Waals surface area (Å²) in [5, 5.41) is 3.38. The molecular weight excluding hydrogens is 224 g/mol. The zero-order chi connectivity index (χ0) is 13.8. The summed E-state index contributed by atoms with van der Waals surface area (Å²) in [7, 11) is 1.71. The second-order valence-corrected chi connectivity index (χ2v) is 5.82. The number of hydrogen-bond acceptors (Lipinski definition) is 3. The monoisotopic (exact) mass is 250 g/mol. The quantitative estimate of drug-likeness (QED) is 0.816. The molecule has 3 heteroatoms. The van der Waals surface area contributed by atoms with Crippen LogP contribution in [0.25, 0.3) is 0 Å². The molecule has 0 heterocycles. The van der Waals surface area contributed by atoms with Crippen molar-refractivity contribution in [3.8, 4) is 5.75 Å².